The van der Waals surface area contributed by atoms with E-state index >= 15 is 0 Å². The summed E-state index contributed by atoms with van der Waals surface area (Å²) in [5, 5.41) is 4.23. The predicted octanol–water partition coefficient (Wildman–Crippen LogP) is 15.6. The molecule has 3 nitrogen and oxygen atoms in total. The molecule has 0 fully saturated rings. The van der Waals surface area contributed by atoms with Crippen molar-refractivity contribution >= 4 is 60.9 Å². The smallest absolute Gasteiger partial charge is 0.179 e. The van der Waals surface area contributed by atoms with Crippen LogP contribution in [0.1, 0.15) is 0 Å². The molecule has 0 radical (unpaired) electrons. The van der Waals surface area contributed by atoms with Gasteiger partial charge in [0.15, 0.2) is 11.2 Å². The van der Waals surface area contributed by atoms with E-state index in [-0.39, 0.29) is 0 Å². The van der Waals surface area contributed by atoms with Crippen molar-refractivity contribution in [3.05, 3.63) is 212 Å². The average Bonchev–Trinajstić information content (AvgIpc) is 3.87. The largest absolute Gasteiger partial charge is 0.452 e. The van der Waals surface area contributed by atoms with Gasteiger partial charge in [-0.25, -0.2) is 0 Å². The molecular weight excluding hydrogens is 695 g/mol. The number of furan rings is 2. The minimum atomic E-state index is 0.764. The van der Waals surface area contributed by atoms with Gasteiger partial charge >= 0.3 is 0 Å². The first-order valence-electron chi connectivity index (χ1n) is 19.3. The molecule has 0 saturated heterocycles. The standard InChI is InChI=1S/C54H35NO2/c1-4-14-36(15-5-1)38-24-30-42(31-25-38)55(43-32-26-39(27-33-43)37-16-6-2-7-17-37)44-34-28-41(29-35-44)50-49(40-18-8-3-9-19-40)51-45-20-10-12-22-47(45)56-53(51)54-52(50)46-21-11-13-23-48(46)57-54/h1-35H. The van der Waals surface area contributed by atoms with Crippen LogP contribution in [-0.2, 0) is 0 Å². The zero-order valence-corrected chi connectivity index (χ0v) is 31.0. The van der Waals surface area contributed by atoms with Crippen LogP contribution in [0.15, 0.2) is 221 Å². The highest BCUT2D eigenvalue weighted by atomic mass is 16.4. The predicted molar refractivity (Wildman–Crippen MR) is 237 cm³/mol. The summed E-state index contributed by atoms with van der Waals surface area (Å²) in [7, 11) is 0. The lowest BCUT2D eigenvalue weighted by Gasteiger charge is -2.26. The third-order valence-corrected chi connectivity index (χ3v) is 11.1. The fourth-order valence-electron chi connectivity index (χ4n) is 8.43. The van der Waals surface area contributed by atoms with Crippen molar-refractivity contribution in [3.63, 3.8) is 0 Å². The molecule has 0 amide bonds. The summed E-state index contributed by atoms with van der Waals surface area (Å²) in [6.07, 6.45) is 0. The van der Waals surface area contributed by atoms with Gasteiger partial charge in [0.05, 0.1) is 0 Å². The second-order valence-electron chi connectivity index (χ2n) is 14.4. The molecule has 0 aliphatic heterocycles. The number of anilines is 3. The van der Waals surface area contributed by atoms with Gasteiger partial charge in [-0.1, -0.05) is 164 Å². The number of hydrogen-bond donors (Lipinski definition) is 0. The molecule has 2 heterocycles. The van der Waals surface area contributed by atoms with Crippen molar-refractivity contribution in [3.8, 4) is 44.5 Å². The van der Waals surface area contributed by atoms with Crippen LogP contribution < -0.4 is 4.90 Å². The first-order valence-corrected chi connectivity index (χ1v) is 19.3. The minimum Gasteiger partial charge on any atom is -0.452 e. The van der Waals surface area contributed by atoms with E-state index in [1.807, 2.05) is 24.3 Å². The van der Waals surface area contributed by atoms with Crippen molar-refractivity contribution in [1.29, 1.82) is 0 Å². The van der Waals surface area contributed by atoms with Gasteiger partial charge in [-0.15, -0.1) is 0 Å². The first-order chi connectivity index (χ1) is 28.3. The molecule has 11 rings (SSSR count). The molecule has 0 N–H and O–H groups in total. The summed E-state index contributed by atoms with van der Waals surface area (Å²) in [6, 6.07) is 75.1. The van der Waals surface area contributed by atoms with Gasteiger partial charge in [-0.3, -0.25) is 0 Å². The maximum absolute atomic E-state index is 6.71. The summed E-state index contributed by atoms with van der Waals surface area (Å²) in [5.41, 5.74) is 15.7. The number of hydrogen-bond acceptors (Lipinski definition) is 3. The van der Waals surface area contributed by atoms with Crippen molar-refractivity contribution in [1.82, 2.24) is 0 Å². The molecular formula is C54H35NO2. The second kappa shape index (κ2) is 13.6. The normalized spacial score (nSPS) is 11.5. The van der Waals surface area contributed by atoms with Gasteiger partial charge in [0, 0.05) is 49.7 Å². The quantitative estimate of drug-likeness (QED) is 0.164. The van der Waals surface area contributed by atoms with Gasteiger partial charge in [0.2, 0.25) is 0 Å². The van der Waals surface area contributed by atoms with E-state index in [1.54, 1.807) is 0 Å². The third-order valence-electron chi connectivity index (χ3n) is 11.1. The Morgan fingerprint density at radius 1 is 0.263 bits per heavy atom. The molecule has 11 aromatic rings. The van der Waals surface area contributed by atoms with E-state index < -0.39 is 0 Å². The van der Waals surface area contributed by atoms with Crippen LogP contribution >= 0.6 is 0 Å². The first kappa shape index (κ1) is 32.8. The van der Waals surface area contributed by atoms with Gasteiger partial charge in [-0.05, 0) is 81.9 Å². The van der Waals surface area contributed by atoms with Gasteiger partial charge < -0.3 is 13.7 Å². The van der Waals surface area contributed by atoms with E-state index in [1.165, 1.54) is 22.3 Å². The van der Waals surface area contributed by atoms with Crippen LogP contribution in [0.4, 0.5) is 17.1 Å². The van der Waals surface area contributed by atoms with Crippen LogP contribution in [0.3, 0.4) is 0 Å². The molecule has 57 heavy (non-hydrogen) atoms. The van der Waals surface area contributed by atoms with Crippen molar-refractivity contribution < 1.29 is 8.83 Å². The molecule has 0 unspecified atom stereocenters. The number of fused-ring (bicyclic) bond motifs is 7. The molecule has 9 aromatic carbocycles. The monoisotopic (exact) mass is 729 g/mol. The van der Waals surface area contributed by atoms with Gasteiger partial charge in [0.1, 0.15) is 11.2 Å². The van der Waals surface area contributed by atoms with Crippen LogP contribution in [0.5, 0.6) is 0 Å². The molecule has 0 aliphatic carbocycles. The SMILES string of the molecule is c1ccc(-c2ccc(N(c3ccc(-c4ccccc4)cc3)c3ccc(-c4c(-c5ccccc5)c5c6ccccc6oc5c5oc6ccccc6c45)cc3)cc2)cc1. The summed E-state index contributed by atoms with van der Waals surface area (Å²) >= 11 is 0. The Hall–Kier alpha value is -7.62. The maximum atomic E-state index is 6.71. The summed E-state index contributed by atoms with van der Waals surface area (Å²) in [5.74, 6) is 0. The van der Waals surface area contributed by atoms with Crippen LogP contribution in [-0.4, -0.2) is 0 Å². The van der Waals surface area contributed by atoms with E-state index in [4.69, 9.17) is 8.83 Å². The van der Waals surface area contributed by atoms with E-state index in [9.17, 15) is 0 Å². The van der Waals surface area contributed by atoms with E-state index in [0.29, 0.717) is 0 Å². The zero-order valence-electron chi connectivity index (χ0n) is 31.0. The van der Waals surface area contributed by atoms with Gasteiger partial charge in [-0.2, -0.15) is 0 Å². The Kier molecular flexibility index (Phi) is 7.82. The van der Waals surface area contributed by atoms with Crippen molar-refractivity contribution in [2.75, 3.05) is 4.90 Å². The molecule has 268 valence electrons. The van der Waals surface area contributed by atoms with E-state index in [2.05, 4.69) is 193 Å². The van der Waals surface area contributed by atoms with Crippen LogP contribution in [0.25, 0.3) is 88.4 Å². The Balaban J connectivity index is 1.12. The molecule has 0 aliphatic rings. The fourth-order valence-corrected chi connectivity index (χ4v) is 8.43. The highest BCUT2D eigenvalue weighted by molar-refractivity contribution is 6.30. The highest BCUT2D eigenvalue weighted by Gasteiger charge is 2.26. The summed E-state index contributed by atoms with van der Waals surface area (Å²) in [4.78, 5) is 2.33. The molecule has 0 spiro atoms. The zero-order chi connectivity index (χ0) is 37.7. The Labute approximate surface area is 330 Å². The lowest BCUT2D eigenvalue weighted by molar-refractivity contribution is 0.633. The molecule has 2 aromatic heterocycles. The van der Waals surface area contributed by atoms with Gasteiger partial charge in [0.25, 0.3) is 0 Å². The Bertz CT molecular complexity index is 3100. The Morgan fingerprint density at radius 3 is 0.965 bits per heavy atom. The summed E-state index contributed by atoms with van der Waals surface area (Å²) in [6.45, 7) is 0. The van der Waals surface area contributed by atoms with Crippen LogP contribution in [0.2, 0.25) is 0 Å². The topological polar surface area (TPSA) is 29.5 Å². The average molecular weight is 730 g/mol. The van der Waals surface area contributed by atoms with E-state index in [0.717, 1.165) is 83.2 Å². The number of para-hydroxylation sites is 2. The summed E-state index contributed by atoms with van der Waals surface area (Å²) < 4.78 is 13.4. The maximum Gasteiger partial charge on any atom is 0.179 e. The number of rotatable bonds is 7. The Morgan fingerprint density at radius 2 is 0.561 bits per heavy atom. The third kappa shape index (κ3) is 5.60. The molecule has 3 heteroatoms. The fraction of sp³-hybridized carbons (Fsp3) is 0. The molecule has 0 atom stereocenters. The molecule has 0 saturated carbocycles. The highest BCUT2D eigenvalue weighted by Crippen LogP contribution is 2.51. The number of nitrogens with zero attached hydrogens (tertiary/aromatic N) is 1. The van der Waals surface area contributed by atoms with Crippen molar-refractivity contribution in [2.24, 2.45) is 0 Å². The minimum absolute atomic E-state index is 0.764. The van der Waals surface area contributed by atoms with Crippen LogP contribution in [0, 0.1) is 0 Å². The lowest BCUT2D eigenvalue weighted by atomic mass is 9.87. The second-order valence-corrected chi connectivity index (χ2v) is 14.4. The number of benzene rings is 9. The molecule has 0 bridgehead atoms. The lowest BCUT2D eigenvalue weighted by Crippen LogP contribution is -2.09. The van der Waals surface area contributed by atoms with Crippen molar-refractivity contribution in [2.45, 2.75) is 0 Å².